The molecule has 0 amide bonds. The van der Waals surface area contributed by atoms with Crippen molar-refractivity contribution in [2.24, 2.45) is 0 Å². The highest BCUT2D eigenvalue weighted by atomic mass is 32.2. The Balaban J connectivity index is 1.43. The highest BCUT2D eigenvalue weighted by molar-refractivity contribution is 7.91. The van der Waals surface area contributed by atoms with Crippen LogP contribution in [0.15, 0.2) is 34.1 Å². The molecule has 0 spiro atoms. The summed E-state index contributed by atoms with van der Waals surface area (Å²) in [6, 6.07) is 5.40. The molecule has 12 heteroatoms. The maximum atomic E-state index is 13.0. The molecule has 1 atom stereocenters. The van der Waals surface area contributed by atoms with E-state index in [1.807, 2.05) is 0 Å². The molecule has 0 aromatic heterocycles. The van der Waals surface area contributed by atoms with Crippen LogP contribution in [0, 0.1) is 0 Å². The largest absolute Gasteiger partial charge is 0.297 e. The molecule has 9 nitrogen and oxygen atoms in total. The second-order valence-electron chi connectivity index (χ2n) is 8.08. The van der Waals surface area contributed by atoms with Crippen LogP contribution in [-0.2, 0) is 29.9 Å². The van der Waals surface area contributed by atoms with E-state index in [1.54, 1.807) is 0 Å². The topological polar surface area (TPSA) is 112 Å². The third kappa shape index (κ3) is 4.30. The highest BCUT2D eigenvalue weighted by Gasteiger charge is 2.36. The van der Waals surface area contributed by atoms with Gasteiger partial charge in [0.1, 0.15) is 0 Å². The van der Waals surface area contributed by atoms with Crippen LogP contribution in [-0.4, -0.2) is 95.6 Å². The zero-order valence-corrected chi connectivity index (χ0v) is 19.1. The predicted molar refractivity (Wildman–Crippen MR) is 112 cm³/mol. The molecule has 3 aliphatic heterocycles. The molecule has 168 valence electrons. The molecule has 0 N–H and O–H groups in total. The summed E-state index contributed by atoms with van der Waals surface area (Å²) in [5.74, 6) is 0.343. The van der Waals surface area contributed by atoms with Crippen molar-refractivity contribution in [2.45, 2.75) is 35.1 Å². The maximum Gasteiger partial charge on any atom is 0.243 e. The minimum absolute atomic E-state index is 0.0325. The molecule has 0 unspecified atom stereocenters. The molecule has 0 bridgehead atoms. The molecule has 1 aromatic rings. The van der Waals surface area contributed by atoms with Gasteiger partial charge in [0, 0.05) is 45.3 Å². The maximum absolute atomic E-state index is 13.0. The van der Waals surface area contributed by atoms with Crippen LogP contribution in [0.1, 0.15) is 19.3 Å². The number of benzene rings is 1. The van der Waals surface area contributed by atoms with E-state index in [2.05, 4.69) is 4.90 Å². The molecule has 30 heavy (non-hydrogen) atoms. The first-order valence-corrected chi connectivity index (χ1v) is 14.8. The fourth-order valence-corrected chi connectivity index (χ4v) is 9.08. The lowest BCUT2D eigenvalue weighted by atomic mass is 10.2. The summed E-state index contributed by atoms with van der Waals surface area (Å²) in [5.41, 5.74) is 0. The van der Waals surface area contributed by atoms with Crippen LogP contribution in [0.5, 0.6) is 0 Å². The minimum atomic E-state index is -3.73. The van der Waals surface area contributed by atoms with Crippen molar-refractivity contribution >= 4 is 29.9 Å². The minimum Gasteiger partial charge on any atom is -0.297 e. The van der Waals surface area contributed by atoms with Gasteiger partial charge >= 0.3 is 0 Å². The van der Waals surface area contributed by atoms with Crippen molar-refractivity contribution in [3.63, 3.8) is 0 Å². The molecular formula is C18H27N3O6S3. The lowest BCUT2D eigenvalue weighted by Crippen LogP contribution is -2.52. The normalized spacial score (nSPS) is 26.9. The molecule has 0 saturated carbocycles. The van der Waals surface area contributed by atoms with Crippen LogP contribution in [0.3, 0.4) is 0 Å². The molecule has 4 rings (SSSR count). The van der Waals surface area contributed by atoms with E-state index in [0.29, 0.717) is 32.6 Å². The first-order chi connectivity index (χ1) is 14.1. The molecule has 3 saturated heterocycles. The van der Waals surface area contributed by atoms with Crippen molar-refractivity contribution in [1.29, 1.82) is 0 Å². The van der Waals surface area contributed by atoms with Crippen molar-refractivity contribution in [3.8, 4) is 0 Å². The molecule has 1 aromatic carbocycles. The van der Waals surface area contributed by atoms with Gasteiger partial charge in [0.25, 0.3) is 0 Å². The number of nitrogens with zero attached hydrogens (tertiary/aromatic N) is 3. The quantitative estimate of drug-likeness (QED) is 0.585. The third-order valence-corrected chi connectivity index (χ3v) is 11.7. The Labute approximate surface area is 178 Å². The molecule has 0 aliphatic carbocycles. The summed E-state index contributed by atoms with van der Waals surface area (Å²) in [4.78, 5) is 2.23. The second-order valence-corrected chi connectivity index (χ2v) is 14.2. The van der Waals surface area contributed by atoms with Gasteiger partial charge < -0.3 is 0 Å². The lowest BCUT2D eigenvalue weighted by Gasteiger charge is -2.36. The summed E-state index contributed by atoms with van der Waals surface area (Å²) < 4.78 is 77.4. The predicted octanol–water partition coefficient (Wildman–Crippen LogP) is -0.0355. The molecule has 3 fully saturated rings. The van der Waals surface area contributed by atoms with Gasteiger partial charge in [-0.3, -0.25) is 4.90 Å². The van der Waals surface area contributed by atoms with Gasteiger partial charge in [-0.2, -0.15) is 8.61 Å². The Morgan fingerprint density at radius 1 is 0.733 bits per heavy atom. The Morgan fingerprint density at radius 3 is 1.63 bits per heavy atom. The van der Waals surface area contributed by atoms with Gasteiger partial charge in [0.15, 0.2) is 9.84 Å². The summed E-state index contributed by atoms with van der Waals surface area (Å²) in [5, 5.41) is 0. The number of piperazine rings is 1. The van der Waals surface area contributed by atoms with Crippen LogP contribution < -0.4 is 0 Å². The Kier molecular flexibility index (Phi) is 6.01. The third-order valence-electron chi connectivity index (χ3n) is 6.16. The van der Waals surface area contributed by atoms with Crippen molar-refractivity contribution < 1.29 is 25.3 Å². The van der Waals surface area contributed by atoms with Gasteiger partial charge in [-0.25, -0.2) is 25.3 Å². The van der Waals surface area contributed by atoms with E-state index in [9.17, 15) is 25.3 Å². The van der Waals surface area contributed by atoms with Gasteiger partial charge in [-0.05, 0) is 43.5 Å². The zero-order valence-electron chi connectivity index (χ0n) is 16.7. The van der Waals surface area contributed by atoms with Crippen LogP contribution in [0.25, 0.3) is 0 Å². The van der Waals surface area contributed by atoms with Crippen molar-refractivity contribution in [3.05, 3.63) is 24.3 Å². The first-order valence-electron chi connectivity index (χ1n) is 10.1. The summed E-state index contributed by atoms with van der Waals surface area (Å²) in [7, 11) is -10.3. The molecule has 3 heterocycles. The number of hydrogen-bond donors (Lipinski definition) is 0. The van der Waals surface area contributed by atoms with E-state index >= 15 is 0 Å². The first kappa shape index (κ1) is 22.2. The standard InChI is InChI=1S/C18H27N3O6S3/c22-28(23)14-7-16(15-28)19-10-12-21(13-11-19)30(26,27)18-5-3-17(4-6-18)29(24,25)20-8-1-2-9-20/h3-6,16H,1-2,7-15H2/t16-/m0/s1. The van der Waals surface area contributed by atoms with E-state index in [4.69, 9.17) is 0 Å². The van der Waals surface area contributed by atoms with Gasteiger partial charge in [-0.15, -0.1) is 0 Å². The Morgan fingerprint density at radius 2 is 1.20 bits per heavy atom. The zero-order chi connectivity index (χ0) is 21.6. The summed E-state index contributed by atoms with van der Waals surface area (Å²) in [6.07, 6.45) is 2.27. The Hall–Kier alpha value is -1.05. The van der Waals surface area contributed by atoms with Crippen molar-refractivity contribution in [1.82, 2.24) is 13.5 Å². The molecule has 3 aliphatic rings. The SMILES string of the molecule is O=S1(=O)CC[C@H](N2CCN(S(=O)(=O)c3ccc(S(=O)(=O)N4CCCC4)cc3)CC2)C1. The average Bonchev–Trinajstić information content (AvgIpc) is 3.38. The highest BCUT2D eigenvalue weighted by Crippen LogP contribution is 2.25. The summed E-state index contributed by atoms with van der Waals surface area (Å²) in [6.45, 7) is 2.53. The van der Waals surface area contributed by atoms with Crippen LogP contribution >= 0.6 is 0 Å². The monoisotopic (exact) mass is 477 g/mol. The lowest BCUT2D eigenvalue weighted by molar-refractivity contribution is 0.148. The Bertz CT molecular complexity index is 1090. The number of rotatable bonds is 5. The number of hydrogen-bond acceptors (Lipinski definition) is 7. The summed E-state index contributed by atoms with van der Waals surface area (Å²) >= 11 is 0. The fourth-order valence-electron chi connectivity index (χ4n) is 4.38. The van der Waals surface area contributed by atoms with Crippen LogP contribution in [0.4, 0.5) is 0 Å². The molecule has 0 radical (unpaired) electrons. The smallest absolute Gasteiger partial charge is 0.243 e. The fraction of sp³-hybridized carbons (Fsp3) is 0.667. The molecular weight excluding hydrogens is 450 g/mol. The van der Waals surface area contributed by atoms with E-state index < -0.39 is 29.9 Å². The van der Waals surface area contributed by atoms with Crippen LogP contribution in [0.2, 0.25) is 0 Å². The number of sulfone groups is 1. The van der Waals surface area contributed by atoms with Gasteiger partial charge in [0.2, 0.25) is 20.0 Å². The van der Waals surface area contributed by atoms with E-state index in [-0.39, 0.29) is 40.4 Å². The van der Waals surface area contributed by atoms with Gasteiger partial charge in [0.05, 0.1) is 21.3 Å². The van der Waals surface area contributed by atoms with E-state index in [0.717, 1.165) is 12.8 Å². The van der Waals surface area contributed by atoms with Gasteiger partial charge in [-0.1, -0.05) is 0 Å². The average molecular weight is 478 g/mol. The van der Waals surface area contributed by atoms with E-state index in [1.165, 1.54) is 32.9 Å². The second kappa shape index (κ2) is 8.14. The van der Waals surface area contributed by atoms with Crippen molar-refractivity contribution in [2.75, 3.05) is 50.8 Å². The number of sulfonamides is 2.